The Kier molecular flexibility index (Phi) is 5.38. The van der Waals surface area contributed by atoms with Gasteiger partial charge in [-0.3, -0.25) is 4.99 Å². The third kappa shape index (κ3) is 4.51. The highest BCUT2D eigenvalue weighted by molar-refractivity contribution is 5.78. The third-order valence-electron chi connectivity index (χ3n) is 4.80. The van der Waals surface area contributed by atoms with Gasteiger partial charge in [-0.05, 0) is 37.5 Å². The minimum Gasteiger partial charge on any atom is -0.370 e. The third-order valence-corrected chi connectivity index (χ3v) is 4.80. The lowest BCUT2D eigenvalue weighted by molar-refractivity contribution is -0.195. The van der Waals surface area contributed by atoms with E-state index in [0.29, 0.717) is 24.7 Å². The lowest BCUT2D eigenvalue weighted by Gasteiger charge is -2.34. The molecule has 6 heteroatoms. The first-order valence-corrected chi connectivity index (χ1v) is 7.99. The van der Waals surface area contributed by atoms with Crippen LogP contribution in [-0.4, -0.2) is 36.7 Å². The van der Waals surface area contributed by atoms with Crippen LogP contribution < -0.4 is 5.73 Å². The Morgan fingerprint density at radius 2 is 1.90 bits per heavy atom. The Hall–Kier alpha value is -0.940. The summed E-state index contributed by atoms with van der Waals surface area (Å²) < 4.78 is 39.1. The van der Waals surface area contributed by atoms with Gasteiger partial charge in [-0.15, -0.1) is 0 Å². The second-order valence-corrected chi connectivity index (χ2v) is 6.58. The number of guanidine groups is 1. The lowest BCUT2D eigenvalue weighted by Crippen LogP contribution is -2.44. The summed E-state index contributed by atoms with van der Waals surface area (Å²) in [5.74, 6) is -0.610. The van der Waals surface area contributed by atoms with E-state index in [1.165, 1.54) is 6.42 Å². The van der Waals surface area contributed by atoms with Crippen LogP contribution in [0.25, 0.3) is 0 Å². The van der Waals surface area contributed by atoms with E-state index < -0.39 is 18.0 Å². The van der Waals surface area contributed by atoms with Crippen molar-refractivity contribution in [3.8, 4) is 0 Å². The van der Waals surface area contributed by atoms with Crippen molar-refractivity contribution in [3.63, 3.8) is 0 Å². The summed E-state index contributed by atoms with van der Waals surface area (Å²) in [6, 6.07) is 0. The molecule has 0 aromatic rings. The summed E-state index contributed by atoms with van der Waals surface area (Å²) in [5.41, 5.74) is 5.98. The maximum Gasteiger partial charge on any atom is 0.392 e. The van der Waals surface area contributed by atoms with E-state index in [-0.39, 0.29) is 13.0 Å². The van der Waals surface area contributed by atoms with Crippen LogP contribution in [-0.2, 0) is 0 Å². The van der Waals surface area contributed by atoms with E-state index in [4.69, 9.17) is 5.73 Å². The second-order valence-electron chi connectivity index (χ2n) is 6.58. The molecule has 21 heavy (non-hydrogen) atoms. The van der Waals surface area contributed by atoms with Gasteiger partial charge in [0.25, 0.3) is 0 Å². The van der Waals surface area contributed by atoms with Gasteiger partial charge in [0, 0.05) is 19.6 Å². The van der Waals surface area contributed by atoms with Crippen LogP contribution in [0.2, 0.25) is 0 Å². The number of rotatable bonds is 2. The average Bonchev–Trinajstić information content (AvgIpc) is 2.44. The van der Waals surface area contributed by atoms with Crippen molar-refractivity contribution in [2.45, 2.75) is 51.6 Å². The predicted molar refractivity (Wildman–Crippen MR) is 78.0 cm³/mol. The van der Waals surface area contributed by atoms with Crippen LogP contribution in [0.15, 0.2) is 4.99 Å². The van der Waals surface area contributed by atoms with Gasteiger partial charge in [-0.25, -0.2) is 0 Å². The monoisotopic (exact) mass is 305 g/mol. The fourth-order valence-corrected chi connectivity index (χ4v) is 3.57. The van der Waals surface area contributed by atoms with E-state index in [0.717, 1.165) is 25.9 Å². The van der Waals surface area contributed by atoms with E-state index in [1.54, 1.807) is 0 Å². The van der Waals surface area contributed by atoms with Gasteiger partial charge in [0.2, 0.25) is 0 Å². The average molecular weight is 305 g/mol. The summed E-state index contributed by atoms with van der Waals surface area (Å²) in [7, 11) is 0. The molecule has 3 nitrogen and oxygen atoms in total. The molecule has 2 N–H and O–H groups in total. The van der Waals surface area contributed by atoms with Crippen LogP contribution in [0.1, 0.15) is 45.4 Å². The normalized spacial score (nSPS) is 32.3. The Morgan fingerprint density at radius 1 is 1.19 bits per heavy atom. The van der Waals surface area contributed by atoms with Crippen LogP contribution in [0.4, 0.5) is 13.2 Å². The molecule has 0 amide bonds. The van der Waals surface area contributed by atoms with Crippen molar-refractivity contribution in [2.75, 3.05) is 19.6 Å². The largest absolute Gasteiger partial charge is 0.392 e. The Morgan fingerprint density at radius 3 is 2.57 bits per heavy atom. The number of hydrogen-bond donors (Lipinski definition) is 1. The van der Waals surface area contributed by atoms with Crippen molar-refractivity contribution in [1.29, 1.82) is 0 Å². The van der Waals surface area contributed by atoms with E-state index in [1.807, 2.05) is 4.90 Å². The van der Waals surface area contributed by atoms with Gasteiger partial charge in [-0.1, -0.05) is 19.8 Å². The lowest BCUT2D eigenvalue weighted by atomic mass is 9.79. The first-order valence-electron chi connectivity index (χ1n) is 7.99. The molecule has 0 unspecified atom stereocenters. The summed E-state index contributed by atoms with van der Waals surface area (Å²) in [6.45, 7) is 4.11. The highest BCUT2D eigenvalue weighted by atomic mass is 19.4. The number of piperidine rings is 1. The minimum absolute atomic E-state index is 0.209. The number of nitrogens with two attached hydrogens (primary N) is 1. The van der Waals surface area contributed by atoms with Gasteiger partial charge in [0.1, 0.15) is 0 Å². The topological polar surface area (TPSA) is 41.6 Å². The van der Waals surface area contributed by atoms with Gasteiger partial charge in [0.05, 0.1) is 5.92 Å². The highest BCUT2D eigenvalue weighted by Crippen LogP contribution is 2.41. The molecule has 1 saturated carbocycles. The molecule has 0 spiro atoms. The van der Waals surface area contributed by atoms with Gasteiger partial charge in [-0.2, -0.15) is 13.2 Å². The zero-order chi connectivity index (χ0) is 15.5. The molecule has 2 rings (SSSR count). The molecular formula is C15H26F3N3. The SMILES string of the molecule is C[C@@H]1CCCN(C(N)=NC[C@@H]2CCCC[C@H]2C(F)(F)F)C1. The molecule has 0 bridgehead atoms. The number of likely N-dealkylation sites (tertiary alicyclic amines) is 1. The van der Waals surface area contributed by atoms with Crippen molar-refractivity contribution < 1.29 is 13.2 Å². The zero-order valence-electron chi connectivity index (χ0n) is 12.7. The Balaban J connectivity index is 1.94. The smallest absolute Gasteiger partial charge is 0.370 e. The molecule has 2 fully saturated rings. The molecule has 2 aliphatic rings. The zero-order valence-corrected chi connectivity index (χ0v) is 12.7. The Labute approximate surface area is 124 Å². The van der Waals surface area contributed by atoms with Gasteiger partial charge >= 0.3 is 6.18 Å². The van der Waals surface area contributed by atoms with Crippen molar-refractivity contribution >= 4 is 5.96 Å². The number of halogens is 3. The summed E-state index contributed by atoms with van der Waals surface area (Å²) >= 11 is 0. The quantitative estimate of drug-likeness (QED) is 0.627. The fraction of sp³-hybridized carbons (Fsp3) is 0.933. The molecule has 1 aliphatic heterocycles. The Bertz CT molecular complexity index is 368. The molecule has 3 atom stereocenters. The molecule has 122 valence electrons. The van der Waals surface area contributed by atoms with Gasteiger partial charge in [0.15, 0.2) is 5.96 Å². The standard InChI is InChI=1S/C15H26F3N3/c1-11-5-4-8-21(10-11)14(19)20-9-12-6-2-3-7-13(12)15(16,17)18/h11-13H,2-10H2,1H3,(H2,19,20)/t11-,12+,13-/m1/s1. The van der Waals surface area contributed by atoms with E-state index in [9.17, 15) is 13.2 Å². The molecule has 0 aromatic heterocycles. The van der Waals surface area contributed by atoms with E-state index in [2.05, 4.69) is 11.9 Å². The number of hydrogen-bond acceptors (Lipinski definition) is 1. The first-order chi connectivity index (χ1) is 9.88. The van der Waals surface area contributed by atoms with Crippen LogP contribution in [0.5, 0.6) is 0 Å². The number of aliphatic imine (C=N–C) groups is 1. The number of nitrogens with zero attached hydrogens (tertiary/aromatic N) is 2. The molecule has 0 radical (unpaired) electrons. The van der Waals surface area contributed by atoms with Crippen LogP contribution in [0, 0.1) is 17.8 Å². The molecular weight excluding hydrogens is 279 g/mol. The summed E-state index contributed by atoms with van der Waals surface area (Å²) in [6.07, 6.45) is 0.544. The van der Waals surface area contributed by atoms with Crippen LogP contribution >= 0.6 is 0 Å². The fourth-order valence-electron chi connectivity index (χ4n) is 3.57. The second kappa shape index (κ2) is 6.88. The molecule has 1 saturated heterocycles. The maximum atomic E-state index is 13.0. The number of alkyl halides is 3. The van der Waals surface area contributed by atoms with Crippen molar-refractivity contribution in [2.24, 2.45) is 28.5 Å². The predicted octanol–water partition coefficient (Wildman–Crippen LogP) is 3.40. The summed E-state index contributed by atoms with van der Waals surface area (Å²) in [4.78, 5) is 6.30. The van der Waals surface area contributed by atoms with Crippen LogP contribution in [0.3, 0.4) is 0 Å². The maximum absolute atomic E-state index is 13.0. The molecule has 1 aliphatic carbocycles. The highest BCUT2D eigenvalue weighted by Gasteiger charge is 2.45. The van der Waals surface area contributed by atoms with E-state index >= 15 is 0 Å². The first kappa shape index (κ1) is 16.4. The van der Waals surface area contributed by atoms with Gasteiger partial charge < -0.3 is 10.6 Å². The molecule has 0 aromatic carbocycles. The van der Waals surface area contributed by atoms with Crippen molar-refractivity contribution in [1.82, 2.24) is 4.90 Å². The molecule has 1 heterocycles. The minimum atomic E-state index is -4.10. The summed E-state index contributed by atoms with van der Waals surface area (Å²) in [5, 5.41) is 0. The van der Waals surface area contributed by atoms with Crippen molar-refractivity contribution in [3.05, 3.63) is 0 Å².